The molecule has 0 aliphatic heterocycles. The number of anilines is 1. The lowest BCUT2D eigenvalue weighted by Crippen LogP contribution is -2.14. The van der Waals surface area contributed by atoms with Crippen molar-refractivity contribution in [3.63, 3.8) is 0 Å². The topological polar surface area (TPSA) is 96.7 Å². The van der Waals surface area contributed by atoms with Crippen molar-refractivity contribution in [2.75, 3.05) is 33.8 Å². The zero-order valence-electron chi connectivity index (χ0n) is 20.2. The van der Waals surface area contributed by atoms with Gasteiger partial charge in [0.15, 0.2) is 17.3 Å². The molecule has 1 aromatic heterocycles. The fraction of sp³-hybridized carbons (Fsp3) is 0.192. The number of carbonyl (C=O) groups excluding carboxylic acids is 1. The molecule has 0 aliphatic rings. The molecule has 0 saturated heterocycles. The van der Waals surface area contributed by atoms with Crippen molar-refractivity contribution in [3.8, 4) is 40.1 Å². The summed E-state index contributed by atoms with van der Waals surface area (Å²) in [5, 5.41) is 7.36. The number of ether oxygens (including phenoxy) is 4. The van der Waals surface area contributed by atoms with Crippen molar-refractivity contribution in [1.82, 2.24) is 14.8 Å². The summed E-state index contributed by atoms with van der Waals surface area (Å²) >= 11 is 0. The quantitative estimate of drug-likeness (QED) is 0.401. The Bertz CT molecular complexity index is 1310. The molecule has 1 heterocycles. The van der Waals surface area contributed by atoms with E-state index in [0.29, 0.717) is 45.8 Å². The first kappa shape index (κ1) is 23.6. The molecule has 0 fully saturated rings. The minimum absolute atomic E-state index is 0.00476. The summed E-state index contributed by atoms with van der Waals surface area (Å²) < 4.78 is 23.3. The van der Waals surface area contributed by atoms with Gasteiger partial charge in [-0.3, -0.25) is 4.79 Å². The van der Waals surface area contributed by atoms with Gasteiger partial charge < -0.3 is 24.3 Å². The molecule has 4 aromatic rings. The fourth-order valence-corrected chi connectivity index (χ4v) is 3.53. The molecule has 1 amide bonds. The van der Waals surface area contributed by atoms with Crippen LogP contribution >= 0.6 is 0 Å². The van der Waals surface area contributed by atoms with E-state index >= 15 is 0 Å². The van der Waals surface area contributed by atoms with Crippen molar-refractivity contribution in [1.29, 1.82) is 0 Å². The number of aromatic nitrogens is 3. The molecule has 0 aliphatic carbocycles. The average molecular weight is 475 g/mol. The van der Waals surface area contributed by atoms with Crippen LogP contribution in [0.5, 0.6) is 23.0 Å². The maximum atomic E-state index is 13.0. The number of rotatable bonds is 8. The Morgan fingerprint density at radius 3 is 2.00 bits per heavy atom. The summed E-state index contributed by atoms with van der Waals surface area (Å²) in [6.07, 6.45) is 0. The second-order valence-electron chi connectivity index (χ2n) is 7.60. The summed E-state index contributed by atoms with van der Waals surface area (Å²) in [6, 6.07) is 18.3. The Morgan fingerprint density at radius 1 is 0.829 bits per heavy atom. The molecule has 0 bridgehead atoms. The normalized spacial score (nSPS) is 10.5. The van der Waals surface area contributed by atoms with Gasteiger partial charge in [-0.2, -0.15) is 0 Å². The number of aryl methyl sites for hydroxylation is 1. The van der Waals surface area contributed by atoms with E-state index < -0.39 is 5.91 Å². The second-order valence-corrected chi connectivity index (χ2v) is 7.60. The Balaban J connectivity index is 1.82. The van der Waals surface area contributed by atoms with Crippen molar-refractivity contribution >= 4 is 11.6 Å². The van der Waals surface area contributed by atoms with Gasteiger partial charge in [-0.15, -0.1) is 5.10 Å². The third-order valence-corrected chi connectivity index (χ3v) is 5.36. The maximum absolute atomic E-state index is 13.0. The van der Waals surface area contributed by atoms with Crippen LogP contribution in [0.2, 0.25) is 0 Å². The highest BCUT2D eigenvalue weighted by Crippen LogP contribution is 2.41. The van der Waals surface area contributed by atoms with E-state index in [2.05, 4.69) is 15.4 Å². The molecule has 0 unspecified atom stereocenters. The van der Waals surface area contributed by atoms with Crippen LogP contribution in [0, 0.1) is 6.92 Å². The molecule has 0 saturated carbocycles. The molecular weight excluding hydrogens is 448 g/mol. The lowest BCUT2D eigenvalue weighted by molar-refractivity contribution is 0.101. The highest BCUT2D eigenvalue weighted by Gasteiger charge is 2.22. The largest absolute Gasteiger partial charge is 0.497 e. The smallest absolute Gasteiger partial charge is 0.295 e. The van der Waals surface area contributed by atoms with Gasteiger partial charge in [0, 0.05) is 11.3 Å². The van der Waals surface area contributed by atoms with E-state index in [1.165, 1.54) is 21.3 Å². The van der Waals surface area contributed by atoms with Crippen LogP contribution in [-0.4, -0.2) is 49.1 Å². The number of hydrogen-bond acceptors (Lipinski definition) is 7. The van der Waals surface area contributed by atoms with Crippen LogP contribution in [0.15, 0.2) is 60.7 Å². The molecular formula is C26H26N4O5. The highest BCUT2D eigenvalue weighted by atomic mass is 16.5. The van der Waals surface area contributed by atoms with Gasteiger partial charge in [0.2, 0.25) is 11.6 Å². The third kappa shape index (κ3) is 4.89. The van der Waals surface area contributed by atoms with Crippen LogP contribution < -0.4 is 24.3 Å². The van der Waals surface area contributed by atoms with Crippen molar-refractivity contribution in [2.45, 2.75) is 6.92 Å². The summed E-state index contributed by atoms with van der Waals surface area (Å²) in [6.45, 7) is 1.98. The van der Waals surface area contributed by atoms with Crippen LogP contribution in [0.4, 0.5) is 5.69 Å². The Labute approximate surface area is 203 Å². The van der Waals surface area contributed by atoms with E-state index in [1.807, 2.05) is 55.5 Å². The highest BCUT2D eigenvalue weighted by molar-refractivity contribution is 6.01. The lowest BCUT2D eigenvalue weighted by atomic mass is 10.1. The number of nitrogens with zero attached hydrogens (tertiary/aromatic N) is 3. The van der Waals surface area contributed by atoms with Gasteiger partial charge in [-0.05, 0) is 55.5 Å². The Hall–Kier alpha value is -4.53. The van der Waals surface area contributed by atoms with Gasteiger partial charge in [0.25, 0.3) is 5.91 Å². The first-order chi connectivity index (χ1) is 17.0. The third-order valence-electron chi connectivity index (χ3n) is 5.36. The number of carbonyl (C=O) groups is 1. The van der Waals surface area contributed by atoms with Gasteiger partial charge in [0.05, 0.1) is 34.1 Å². The molecule has 9 nitrogen and oxygen atoms in total. The van der Waals surface area contributed by atoms with E-state index in [4.69, 9.17) is 18.9 Å². The molecule has 0 radical (unpaired) electrons. The molecule has 1 N–H and O–H groups in total. The van der Waals surface area contributed by atoms with Crippen molar-refractivity contribution < 1.29 is 23.7 Å². The molecule has 35 heavy (non-hydrogen) atoms. The zero-order chi connectivity index (χ0) is 24.9. The standard InChI is InChI=1S/C26H26N4O5/c1-16-6-8-18(9-7-16)27-26(31)24-28-25(30(29-24)19-10-12-20(32-2)13-11-19)17-14-21(33-3)23(35-5)22(15-17)34-4/h6-15H,1-5H3,(H,27,31). The van der Waals surface area contributed by atoms with Crippen molar-refractivity contribution in [3.05, 3.63) is 72.1 Å². The monoisotopic (exact) mass is 474 g/mol. The number of benzene rings is 3. The first-order valence-corrected chi connectivity index (χ1v) is 10.8. The minimum atomic E-state index is -0.435. The second kappa shape index (κ2) is 10.2. The van der Waals surface area contributed by atoms with E-state index in [-0.39, 0.29) is 5.82 Å². The molecule has 0 atom stereocenters. The predicted octanol–water partition coefficient (Wildman–Crippen LogP) is 4.53. The minimum Gasteiger partial charge on any atom is -0.497 e. The molecule has 180 valence electrons. The van der Waals surface area contributed by atoms with Crippen LogP contribution in [-0.2, 0) is 0 Å². The predicted molar refractivity (Wildman–Crippen MR) is 132 cm³/mol. The van der Waals surface area contributed by atoms with E-state index in [0.717, 1.165) is 5.56 Å². The molecule has 4 rings (SSSR count). The Kier molecular flexibility index (Phi) is 6.86. The number of hydrogen-bond donors (Lipinski definition) is 1. The van der Waals surface area contributed by atoms with Crippen molar-refractivity contribution in [2.24, 2.45) is 0 Å². The van der Waals surface area contributed by atoms with Crippen LogP contribution in [0.3, 0.4) is 0 Å². The summed E-state index contributed by atoms with van der Waals surface area (Å²) in [4.78, 5) is 17.6. The SMILES string of the molecule is COc1ccc(-n2nc(C(=O)Nc3ccc(C)cc3)nc2-c2cc(OC)c(OC)c(OC)c2)cc1. The number of nitrogens with one attached hydrogen (secondary N) is 1. The summed E-state index contributed by atoms with van der Waals surface area (Å²) in [7, 11) is 6.21. The number of methoxy groups -OCH3 is 4. The van der Waals surface area contributed by atoms with Gasteiger partial charge in [-0.1, -0.05) is 17.7 Å². The molecule has 9 heteroatoms. The van der Waals surface area contributed by atoms with Gasteiger partial charge in [-0.25, -0.2) is 9.67 Å². The fourth-order valence-electron chi connectivity index (χ4n) is 3.53. The van der Waals surface area contributed by atoms with Crippen LogP contribution in [0.1, 0.15) is 16.2 Å². The summed E-state index contributed by atoms with van der Waals surface area (Å²) in [5.74, 6) is 2.05. The van der Waals surface area contributed by atoms with E-state index in [1.54, 1.807) is 23.9 Å². The molecule has 3 aromatic carbocycles. The summed E-state index contributed by atoms with van der Waals surface area (Å²) in [5.41, 5.74) is 3.05. The molecule has 0 spiro atoms. The number of amides is 1. The lowest BCUT2D eigenvalue weighted by Gasteiger charge is -2.14. The van der Waals surface area contributed by atoms with Gasteiger partial charge >= 0.3 is 0 Å². The Morgan fingerprint density at radius 2 is 1.46 bits per heavy atom. The van der Waals surface area contributed by atoms with Gasteiger partial charge in [0.1, 0.15) is 5.75 Å². The maximum Gasteiger partial charge on any atom is 0.295 e. The van der Waals surface area contributed by atoms with Crippen LogP contribution in [0.25, 0.3) is 17.1 Å². The van der Waals surface area contributed by atoms with E-state index in [9.17, 15) is 4.79 Å². The average Bonchev–Trinajstić information content (AvgIpc) is 3.35. The zero-order valence-corrected chi connectivity index (χ0v) is 20.2. The first-order valence-electron chi connectivity index (χ1n) is 10.8.